The molecule has 1 saturated heterocycles. The fraction of sp³-hybridized carbons (Fsp3) is 1.00. The summed E-state index contributed by atoms with van der Waals surface area (Å²) in [5.74, 6) is 1.30. The molecule has 0 aromatic heterocycles. The molecule has 1 aliphatic rings. The zero-order valence-electron chi connectivity index (χ0n) is 13.7. The van der Waals surface area contributed by atoms with Crippen molar-refractivity contribution in [1.82, 2.24) is 10.2 Å². The van der Waals surface area contributed by atoms with Gasteiger partial charge in [-0.25, -0.2) is 0 Å². The molecular formula is C16H34N2S. The fourth-order valence-corrected chi connectivity index (χ4v) is 4.12. The first-order valence-corrected chi connectivity index (χ1v) is 9.19. The second-order valence-electron chi connectivity index (χ2n) is 6.17. The van der Waals surface area contributed by atoms with Crippen molar-refractivity contribution in [3.63, 3.8) is 0 Å². The van der Waals surface area contributed by atoms with Crippen LogP contribution in [0.25, 0.3) is 0 Å². The predicted octanol–water partition coefficient (Wildman–Crippen LogP) is 3.62. The third kappa shape index (κ3) is 4.95. The van der Waals surface area contributed by atoms with Crippen LogP contribution in [0.5, 0.6) is 0 Å². The lowest BCUT2D eigenvalue weighted by molar-refractivity contribution is 0.106. The summed E-state index contributed by atoms with van der Waals surface area (Å²) < 4.78 is 0. The van der Waals surface area contributed by atoms with E-state index in [-0.39, 0.29) is 0 Å². The third-order valence-corrected chi connectivity index (χ3v) is 6.32. The number of nitrogens with one attached hydrogen (secondary N) is 1. The van der Waals surface area contributed by atoms with Crippen LogP contribution < -0.4 is 5.32 Å². The summed E-state index contributed by atoms with van der Waals surface area (Å²) in [6.07, 6.45) is 3.80. The van der Waals surface area contributed by atoms with Crippen LogP contribution in [0.15, 0.2) is 0 Å². The molecule has 1 aliphatic heterocycles. The molecule has 1 heterocycles. The van der Waals surface area contributed by atoms with E-state index >= 15 is 0 Å². The van der Waals surface area contributed by atoms with Crippen LogP contribution >= 0.6 is 11.8 Å². The van der Waals surface area contributed by atoms with Gasteiger partial charge >= 0.3 is 0 Å². The minimum Gasteiger partial charge on any atom is -0.316 e. The zero-order valence-corrected chi connectivity index (χ0v) is 14.5. The standard InChI is InChI=1S/C16H34N2S/c1-6-9-17-12-16(7-2,8-3)13-18-10-11-19-15(5)14(18)4/h14-15,17H,6-13H2,1-5H3. The number of rotatable bonds is 8. The minimum absolute atomic E-state index is 0.463. The van der Waals surface area contributed by atoms with Crippen LogP contribution in [0, 0.1) is 5.41 Å². The van der Waals surface area contributed by atoms with Crippen LogP contribution in [0.4, 0.5) is 0 Å². The SMILES string of the molecule is CCCNCC(CC)(CC)CN1CCSC(C)C1C. The van der Waals surface area contributed by atoms with Crippen molar-refractivity contribution in [1.29, 1.82) is 0 Å². The Morgan fingerprint density at radius 2 is 1.89 bits per heavy atom. The summed E-state index contributed by atoms with van der Waals surface area (Å²) >= 11 is 2.14. The van der Waals surface area contributed by atoms with E-state index in [0.717, 1.165) is 17.8 Å². The molecule has 0 radical (unpaired) electrons. The van der Waals surface area contributed by atoms with Crippen molar-refractivity contribution in [3.8, 4) is 0 Å². The van der Waals surface area contributed by atoms with Crippen LogP contribution in [0.2, 0.25) is 0 Å². The van der Waals surface area contributed by atoms with Gasteiger partial charge in [0.2, 0.25) is 0 Å². The van der Waals surface area contributed by atoms with Gasteiger partial charge in [-0.05, 0) is 38.1 Å². The van der Waals surface area contributed by atoms with Crippen molar-refractivity contribution in [3.05, 3.63) is 0 Å². The quantitative estimate of drug-likeness (QED) is 0.686. The summed E-state index contributed by atoms with van der Waals surface area (Å²) in [7, 11) is 0. The molecule has 1 rings (SSSR count). The van der Waals surface area contributed by atoms with Crippen LogP contribution in [-0.4, -0.2) is 48.1 Å². The van der Waals surface area contributed by atoms with E-state index in [1.54, 1.807) is 0 Å². The Labute approximate surface area is 125 Å². The molecule has 0 amide bonds. The Hall–Kier alpha value is 0.270. The highest BCUT2D eigenvalue weighted by Gasteiger charge is 2.33. The lowest BCUT2D eigenvalue weighted by Gasteiger charge is -2.44. The number of hydrogen-bond acceptors (Lipinski definition) is 3. The predicted molar refractivity (Wildman–Crippen MR) is 89.1 cm³/mol. The molecule has 2 nitrogen and oxygen atoms in total. The van der Waals surface area contributed by atoms with Gasteiger partial charge in [-0.1, -0.05) is 27.7 Å². The van der Waals surface area contributed by atoms with Gasteiger partial charge in [-0.15, -0.1) is 0 Å². The lowest BCUT2D eigenvalue weighted by atomic mass is 9.81. The first-order chi connectivity index (χ1) is 9.08. The Kier molecular flexibility index (Phi) is 7.78. The molecule has 1 fully saturated rings. The van der Waals surface area contributed by atoms with Gasteiger partial charge in [-0.2, -0.15) is 11.8 Å². The third-order valence-electron chi connectivity index (χ3n) is 4.98. The van der Waals surface area contributed by atoms with E-state index < -0.39 is 0 Å². The van der Waals surface area contributed by atoms with E-state index in [9.17, 15) is 0 Å². The fourth-order valence-electron chi connectivity index (χ4n) is 2.96. The van der Waals surface area contributed by atoms with Gasteiger partial charge in [0, 0.05) is 36.7 Å². The second kappa shape index (κ2) is 8.53. The topological polar surface area (TPSA) is 15.3 Å². The highest BCUT2D eigenvalue weighted by atomic mass is 32.2. The van der Waals surface area contributed by atoms with Crippen LogP contribution in [-0.2, 0) is 0 Å². The van der Waals surface area contributed by atoms with Gasteiger partial charge in [0.1, 0.15) is 0 Å². The Morgan fingerprint density at radius 3 is 2.47 bits per heavy atom. The van der Waals surface area contributed by atoms with Gasteiger partial charge in [0.25, 0.3) is 0 Å². The van der Waals surface area contributed by atoms with Crippen molar-refractivity contribution in [2.45, 2.75) is 65.2 Å². The first kappa shape index (κ1) is 17.3. The van der Waals surface area contributed by atoms with Crippen molar-refractivity contribution >= 4 is 11.8 Å². The second-order valence-corrected chi connectivity index (χ2v) is 7.66. The summed E-state index contributed by atoms with van der Waals surface area (Å²) in [5.41, 5.74) is 0.463. The molecule has 0 spiro atoms. The van der Waals surface area contributed by atoms with Crippen LogP contribution in [0.3, 0.4) is 0 Å². The van der Waals surface area contributed by atoms with E-state index in [4.69, 9.17) is 0 Å². The number of thioether (sulfide) groups is 1. The Morgan fingerprint density at radius 1 is 1.21 bits per heavy atom. The van der Waals surface area contributed by atoms with Gasteiger partial charge in [0.15, 0.2) is 0 Å². The molecule has 0 saturated carbocycles. The molecular weight excluding hydrogens is 252 g/mol. The average Bonchev–Trinajstić information content (AvgIpc) is 2.43. The van der Waals surface area contributed by atoms with Crippen LogP contribution in [0.1, 0.15) is 53.9 Å². The largest absolute Gasteiger partial charge is 0.316 e. The highest BCUT2D eigenvalue weighted by molar-refractivity contribution is 8.00. The molecule has 2 unspecified atom stereocenters. The smallest absolute Gasteiger partial charge is 0.0184 e. The summed E-state index contributed by atoms with van der Waals surface area (Å²) in [4.78, 5) is 2.74. The maximum absolute atomic E-state index is 3.66. The van der Waals surface area contributed by atoms with E-state index in [1.807, 2.05) is 0 Å². The molecule has 0 aromatic rings. The number of hydrogen-bond donors (Lipinski definition) is 1. The van der Waals surface area contributed by atoms with Gasteiger partial charge < -0.3 is 5.32 Å². The zero-order chi connectivity index (χ0) is 14.3. The van der Waals surface area contributed by atoms with Gasteiger partial charge in [0.05, 0.1) is 0 Å². The maximum Gasteiger partial charge on any atom is 0.0184 e. The Balaban J connectivity index is 2.60. The van der Waals surface area contributed by atoms with E-state index in [0.29, 0.717) is 5.41 Å². The maximum atomic E-state index is 3.66. The first-order valence-electron chi connectivity index (χ1n) is 8.15. The number of nitrogens with zero attached hydrogens (tertiary/aromatic N) is 1. The summed E-state index contributed by atoms with van der Waals surface area (Å²) in [5, 5.41) is 4.44. The molecule has 3 heteroatoms. The normalized spacial score (nSPS) is 25.7. The van der Waals surface area contributed by atoms with Crippen molar-refractivity contribution < 1.29 is 0 Å². The minimum atomic E-state index is 0.463. The van der Waals surface area contributed by atoms with Gasteiger partial charge in [-0.3, -0.25) is 4.90 Å². The average molecular weight is 287 g/mol. The monoisotopic (exact) mass is 286 g/mol. The summed E-state index contributed by atoms with van der Waals surface area (Å²) in [6, 6.07) is 0.724. The highest BCUT2D eigenvalue weighted by Crippen LogP contribution is 2.31. The van der Waals surface area contributed by atoms with Crippen molar-refractivity contribution in [2.24, 2.45) is 5.41 Å². The molecule has 114 valence electrons. The molecule has 2 atom stereocenters. The Bertz CT molecular complexity index is 241. The lowest BCUT2D eigenvalue weighted by Crippen LogP contribution is -2.51. The molecule has 19 heavy (non-hydrogen) atoms. The molecule has 1 N–H and O–H groups in total. The summed E-state index contributed by atoms with van der Waals surface area (Å²) in [6.45, 7) is 16.6. The molecule has 0 aromatic carbocycles. The van der Waals surface area contributed by atoms with Crippen molar-refractivity contribution in [2.75, 3.05) is 31.9 Å². The van der Waals surface area contributed by atoms with E-state index in [2.05, 4.69) is 56.6 Å². The molecule has 0 aliphatic carbocycles. The van der Waals surface area contributed by atoms with E-state index in [1.165, 1.54) is 44.6 Å². The molecule has 0 bridgehead atoms.